The molecule has 5 rings (SSSR count). The summed E-state index contributed by atoms with van der Waals surface area (Å²) in [5.41, 5.74) is 4.70. The molecule has 1 aliphatic heterocycles. The Balaban J connectivity index is 1.66. The number of anilines is 1. The van der Waals surface area contributed by atoms with Crippen molar-refractivity contribution in [1.29, 1.82) is 0 Å². The third kappa shape index (κ3) is 3.43. The first kappa shape index (κ1) is 20.3. The van der Waals surface area contributed by atoms with Gasteiger partial charge < -0.3 is 14.8 Å². The molecule has 1 unspecified atom stereocenters. The molecule has 0 fully saturated rings. The Morgan fingerprint density at radius 1 is 1.16 bits per heavy atom. The smallest absolute Gasteiger partial charge is 0.226 e. The van der Waals surface area contributed by atoms with Gasteiger partial charge in [-0.1, -0.05) is 29.8 Å². The first-order valence-corrected chi connectivity index (χ1v) is 11.0. The number of aromatic nitrogens is 3. The van der Waals surface area contributed by atoms with Crippen LogP contribution in [-0.2, 0) is 4.79 Å². The Labute approximate surface area is 187 Å². The van der Waals surface area contributed by atoms with Crippen LogP contribution in [0.2, 0.25) is 0 Å². The van der Waals surface area contributed by atoms with Gasteiger partial charge in [-0.05, 0) is 50.5 Å². The van der Waals surface area contributed by atoms with E-state index in [1.807, 2.05) is 54.9 Å². The van der Waals surface area contributed by atoms with Crippen LogP contribution in [0.15, 0.2) is 53.7 Å². The summed E-state index contributed by atoms with van der Waals surface area (Å²) in [6.07, 6.45) is 2.20. The highest BCUT2D eigenvalue weighted by Crippen LogP contribution is 2.42. The zero-order chi connectivity index (χ0) is 22.2. The van der Waals surface area contributed by atoms with Crippen molar-refractivity contribution in [3.8, 4) is 22.9 Å². The average Bonchev–Trinajstić information content (AvgIpc) is 3.22. The summed E-state index contributed by atoms with van der Waals surface area (Å²) in [6.45, 7) is 4.53. The van der Waals surface area contributed by atoms with Gasteiger partial charge in [-0.15, -0.1) is 5.10 Å². The number of Topliss-reactive ketones (excluding diaryl/α,β-unsaturated/α-hetero) is 1. The molecule has 2 heterocycles. The fourth-order valence-electron chi connectivity index (χ4n) is 4.50. The highest BCUT2D eigenvalue weighted by atomic mass is 16.5. The number of ether oxygens (including phenoxy) is 2. The molecule has 0 amide bonds. The van der Waals surface area contributed by atoms with E-state index in [1.54, 1.807) is 7.11 Å². The van der Waals surface area contributed by atoms with Crippen molar-refractivity contribution in [3.63, 3.8) is 0 Å². The fraction of sp³-hybridized carbons (Fsp3) is 0.320. The second kappa shape index (κ2) is 8.15. The van der Waals surface area contributed by atoms with Crippen molar-refractivity contribution in [2.75, 3.05) is 19.0 Å². The van der Waals surface area contributed by atoms with Gasteiger partial charge in [-0.3, -0.25) is 4.79 Å². The summed E-state index contributed by atoms with van der Waals surface area (Å²) in [4.78, 5) is 17.8. The normalized spacial score (nSPS) is 17.5. The predicted octanol–water partition coefficient (Wildman–Crippen LogP) is 4.68. The van der Waals surface area contributed by atoms with Gasteiger partial charge in [0.05, 0.1) is 13.7 Å². The molecule has 32 heavy (non-hydrogen) atoms. The first-order chi connectivity index (χ1) is 15.6. The number of fused-ring (bicyclic) bond motifs is 1. The summed E-state index contributed by atoms with van der Waals surface area (Å²) < 4.78 is 13.1. The maximum atomic E-state index is 13.1. The lowest BCUT2D eigenvalue weighted by Gasteiger charge is -2.32. The van der Waals surface area contributed by atoms with E-state index in [0.29, 0.717) is 36.3 Å². The van der Waals surface area contributed by atoms with Crippen molar-refractivity contribution >= 4 is 11.7 Å². The van der Waals surface area contributed by atoms with Crippen LogP contribution < -0.4 is 14.8 Å². The van der Waals surface area contributed by atoms with Crippen LogP contribution in [0.25, 0.3) is 11.4 Å². The summed E-state index contributed by atoms with van der Waals surface area (Å²) in [6, 6.07) is 13.6. The zero-order valence-corrected chi connectivity index (χ0v) is 18.5. The summed E-state index contributed by atoms with van der Waals surface area (Å²) in [5.74, 6) is 2.74. The third-order valence-corrected chi connectivity index (χ3v) is 5.95. The molecule has 3 aromatic rings. The number of nitrogens with zero attached hydrogens (tertiary/aromatic N) is 3. The molecule has 0 saturated heterocycles. The van der Waals surface area contributed by atoms with E-state index in [0.717, 1.165) is 40.8 Å². The van der Waals surface area contributed by atoms with Crippen LogP contribution in [0.4, 0.5) is 5.95 Å². The number of ketones is 1. The lowest BCUT2D eigenvalue weighted by atomic mass is 9.85. The minimum atomic E-state index is -0.371. The minimum absolute atomic E-state index is 0.148. The number of nitrogens with one attached hydrogen (secondary N) is 1. The van der Waals surface area contributed by atoms with E-state index in [1.165, 1.54) is 0 Å². The molecule has 7 heteroatoms. The van der Waals surface area contributed by atoms with Gasteiger partial charge in [0, 0.05) is 23.3 Å². The largest absolute Gasteiger partial charge is 0.493 e. The van der Waals surface area contributed by atoms with Crippen LogP contribution in [0.1, 0.15) is 43.4 Å². The van der Waals surface area contributed by atoms with E-state index in [2.05, 4.69) is 11.4 Å². The highest BCUT2D eigenvalue weighted by molar-refractivity contribution is 5.99. The standard InChI is InChI=1S/C25H26N4O3/c1-4-32-20-12-11-16(14-21(20)31-3)23-22-18(9-6-10-19(22)30)26-25-27-24(28-29(23)25)17-8-5-7-15(2)13-17/h5,7-8,11-14,23H,4,6,9-10H2,1-3H3,(H,26,27,28). The van der Waals surface area contributed by atoms with Crippen LogP contribution in [0.5, 0.6) is 11.5 Å². The number of benzene rings is 2. The monoisotopic (exact) mass is 430 g/mol. The van der Waals surface area contributed by atoms with Crippen molar-refractivity contribution in [3.05, 3.63) is 64.9 Å². The SMILES string of the molecule is CCOc1ccc(C2C3=C(CCCC3=O)Nc3nc(-c4cccc(C)c4)nn32)cc1OC. The van der Waals surface area contributed by atoms with Crippen LogP contribution in [-0.4, -0.2) is 34.3 Å². The highest BCUT2D eigenvalue weighted by Gasteiger charge is 2.37. The Kier molecular flexibility index (Phi) is 5.17. The molecule has 164 valence electrons. The molecule has 2 aromatic carbocycles. The van der Waals surface area contributed by atoms with Crippen molar-refractivity contribution in [2.45, 2.75) is 39.2 Å². The van der Waals surface area contributed by atoms with Crippen LogP contribution in [0, 0.1) is 6.92 Å². The molecule has 1 aromatic heterocycles. The number of hydrogen-bond acceptors (Lipinski definition) is 6. The number of aryl methyl sites for hydroxylation is 1. The Bertz CT molecular complexity index is 1230. The van der Waals surface area contributed by atoms with E-state index in [9.17, 15) is 4.79 Å². The molecule has 0 saturated carbocycles. The lowest BCUT2D eigenvalue weighted by Crippen LogP contribution is -2.31. The first-order valence-electron chi connectivity index (χ1n) is 11.0. The van der Waals surface area contributed by atoms with Crippen LogP contribution in [0.3, 0.4) is 0 Å². The molecular formula is C25H26N4O3. The van der Waals surface area contributed by atoms with Gasteiger partial charge in [-0.2, -0.15) is 4.98 Å². The number of methoxy groups -OCH3 is 1. The zero-order valence-electron chi connectivity index (χ0n) is 18.5. The number of rotatable bonds is 5. The average molecular weight is 431 g/mol. The van der Waals surface area contributed by atoms with Crippen molar-refractivity contribution in [2.24, 2.45) is 0 Å². The van der Waals surface area contributed by atoms with E-state index < -0.39 is 0 Å². The van der Waals surface area contributed by atoms with Gasteiger partial charge >= 0.3 is 0 Å². The molecule has 1 aliphatic carbocycles. The van der Waals surface area contributed by atoms with Gasteiger partial charge in [-0.25, -0.2) is 4.68 Å². The number of carbonyl (C=O) groups is 1. The van der Waals surface area contributed by atoms with Gasteiger partial charge in [0.1, 0.15) is 6.04 Å². The Morgan fingerprint density at radius 2 is 2.03 bits per heavy atom. The van der Waals surface area contributed by atoms with Gasteiger partial charge in [0.15, 0.2) is 23.1 Å². The summed E-state index contributed by atoms with van der Waals surface area (Å²) >= 11 is 0. The quantitative estimate of drug-likeness (QED) is 0.633. The molecule has 2 aliphatic rings. The van der Waals surface area contributed by atoms with Gasteiger partial charge in [0.2, 0.25) is 5.95 Å². The minimum Gasteiger partial charge on any atom is -0.493 e. The third-order valence-electron chi connectivity index (χ3n) is 5.95. The molecule has 0 radical (unpaired) electrons. The fourth-order valence-corrected chi connectivity index (χ4v) is 4.50. The summed E-state index contributed by atoms with van der Waals surface area (Å²) in [5, 5.41) is 8.23. The second-order valence-electron chi connectivity index (χ2n) is 8.11. The number of carbonyl (C=O) groups excluding carboxylic acids is 1. The predicted molar refractivity (Wildman–Crippen MR) is 122 cm³/mol. The molecular weight excluding hydrogens is 404 g/mol. The molecule has 1 atom stereocenters. The molecule has 0 bridgehead atoms. The second-order valence-corrected chi connectivity index (χ2v) is 8.11. The van der Waals surface area contributed by atoms with E-state index >= 15 is 0 Å². The molecule has 1 N–H and O–H groups in total. The topological polar surface area (TPSA) is 78.3 Å². The van der Waals surface area contributed by atoms with Crippen molar-refractivity contribution < 1.29 is 14.3 Å². The molecule has 0 spiro atoms. The maximum Gasteiger partial charge on any atom is 0.226 e. The maximum absolute atomic E-state index is 13.1. The number of hydrogen-bond donors (Lipinski definition) is 1. The number of allylic oxidation sites excluding steroid dienone is 2. The van der Waals surface area contributed by atoms with E-state index in [4.69, 9.17) is 19.6 Å². The Hall–Kier alpha value is -3.61. The van der Waals surface area contributed by atoms with E-state index in [-0.39, 0.29) is 11.8 Å². The lowest BCUT2D eigenvalue weighted by molar-refractivity contribution is -0.116. The summed E-state index contributed by atoms with van der Waals surface area (Å²) in [7, 11) is 1.62. The van der Waals surface area contributed by atoms with Crippen molar-refractivity contribution in [1.82, 2.24) is 14.8 Å². The molecule has 7 nitrogen and oxygen atoms in total. The van der Waals surface area contributed by atoms with Crippen LogP contribution >= 0.6 is 0 Å². The van der Waals surface area contributed by atoms with Gasteiger partial charge in [0.25, 0.3) is 0 Å². The Morgan fingerprint density at radius 3 is 2.81 bits per heavy atom.